The number of aliphatic hydroxyl groups excluding tert-OH is 3. The minimum absolute atomic E-state index is 0.0727. The predicted molar refractivity (Wildman–Crippen MR) is 71.1 cm³/mol. The van der Waals surface area contributed by atoms with Crippen LogP contribution in [0, 0.1) is 11.8 Å². The third kappa shape index (κ3) is 1.98. The van der Waals surface area contributed by atoms with Gasteiger partial charge in [-0.05, 0) is 6.42 Å². The molecule has 0 saturated heterocycles. The minimum Gasteiger partial charge on any atom is -0.396 e. The average Bonchev–Trinajstić information content (AvgIpc) is 3.00. The third-order valence-electron chi connectivity index (χ3n) is 4.03. The third-order valence-corrected chi connectivity index (χ3v) is 4.30. The van der Waals surface area contributed by atoms with E-state index in [1.54, 1.807) is 10.9 Å². The van der Waals surface area contributed by atoms with E-state index in [2.05, 4.69) is 15.0 Å². The maximum Gasteiger partial charge on any atom is 0.165 e. The largest absolute Gasteiger partial charge is 0.396 e. The van der Waals surface area contributed by atoms with E-state index in [1.807, 2.05) is 0 Å². The van der Waals surface area contributed by atoms with E-state index in [0.717, 1.165) is 0 Å². The molecule has 1 saturated carbocycles. The summed E-state index contributed by atoms with van der Waals surface area (Å²) < 4.78 is 1.71. The van der Waals surface area contributed by atoms with Crippen LogP contribution < -0.4 is 0 Å². The highest BCUT2D eigenvalue weighted by atomic mass is 35.5. The second-order valence-corrected chi connectivity index (χ2v) is 5.45. The summed E-state index contributed by atoms with van der Waals surface area (Å²) in [5, 5.41) is 29.4. The summed E-state index contributed by atoms with van der Waals surface area (Å²) in [6, 6.07) is -0.381. The molecular formula is C12H15ClN4O3. The van der Waals surface area contributed by atoms with Crippen molar-refractivity contribution >= 4 is 22.8 Å². The molecule has 0 aliphatic heterocycles. The predicted octanol–water partition coefficient (Wildman–Crippen LogP) is 0.00240. The number of halogens is 1. The van der Waals surface area contributed by atoms with Crippen LogP contribution in [0.1, 0.15) is 12.5 Å². The lowest BCUT2D eigenvalue weighted by Gasteiger charge is -2.23. The van der Waals surface area contributed by atoms with Gasteiger partial charge in [0.1, 0.15) is 11.8 Å². The smallest absolute Gasteiger partial charge is 0.165 e. The molecule has 0 aromatic carbocycles. The highest BCUT2D eigenvalue weighted by Crippen LogP contribution is 2.41. The molecule has 3 rings (SSSR count). The van der Waals surface area contributed by atoms with Gasteiger partial charge in [-0.15, -0.1) is 0 Å². The summed E-state index contributed by atoms with van der Waals surface area (Å²) in [5.74, 6) is -0.416. The molecular weight excluding hydrogens is 284 g/mol. The van der Waals surface area contributed by atoms with Crippen LogP contribution in [0.2, 0.25) is 5.15 Å². The number of imidazole rings is 1. The van der Waals surface area contributed by atoms with Crippen LogP contribution in [0.3, 0.4) is 0 Å². The second-order valence-electron chi connectivity index (χ2n) is 5.09. The molecule has 2 aromatic rings. The van der Waals surface area contributed by atoms with E-state index in [9.17, 15) is 15.3 Å². The molecule has 7 nitrogen and oxygen atoms in total. The Kier molecular flexibility index (Phi) is 3.59. The van der Waals surface area contributed by atoms with Gasteiger partial charge in [0.2, 0.25) is 0 Å². The van der Waals surface area contributed by atoms with Gasteiger partial charge in [-0.25, -0.2) is 15.0 Å². The number of hydrogen-bond donors (Lipinski definition) is 3. The van der Waals surface area contributed by atoms with Crippen LogP contribution in [0.5, 0.6) is 0 Å². The average molecular weight is 299 g/mol. The van der Waals surface area contributed by atoms with Crippen molar-refractivity contribution in [3.05, 3.63) is 17.8 Å². The van der Waals surface area contributed by atoms with E-state index in [0.29, 0.717) is 17.6 Å². The number of hydrogen-bond acceptors (Lipinski definition) is 6. The Labute approximate surface area is 119 Å². The first kappa shape index (κ1) is 13.7. The maximum absolute atomic E-state index is 10.4. The maximum atomic E-state index is 10.4. The molecule has 3 N–H and O–H groups in total. The second kappa shape index (κ2) is 5.25. The van der Waals surface area contributed by atoms with Crippen molar-refractivity contribution in [2.75, 3.05) is 13.2 Å². The number of aliphatic hydroxyl groups is 3. The summed E-state index contributed by atoms with van der Waals surface area (Å²) >= 11 is 5.96. The molecule has 0 spiro atoms. The fraction of sp³-hybridized carbons (Fsp3) is 0.583. The number of nitrogens with zero attached hydrogens (tertiary/aromatic N) is 4. The first-order valence-electron chi connectivity index (χ1n) is 6.40. The minimum atomic E-state index is -0.761. The van der Waals surface area contributed by atoms with Gasteiger partial charge in [0.05, 0.1) is 18.5 Å². The van der Waals surface area contributed by atoms with Crippen molar-refractivity contribution in [3.8, 4) is 0 Å². The fourth-order valence-electron chi connectivity index (χ4n) is 3.02. The van der Waals surface area contributed by atoms with Gasteiger partial charge in [0.15, 0.2) is 10.8 Å². The molecule has 0 radical (unpaired) electrons. The Balaban J connectivity index is 2.07. The van der Waals surface area contributed by atoms with Crippen LogP contribution >= 0.6 is 11.6 Å². The number of aromatic nitrogens is 4. The molecule has 8 heteroatoms. The summed E-state index contributed by atoms with van der Waals surface area (Å²) in [5.41, 5.74) is 0.983. The van der Waals surface area contributed by atoms with Crippen molar-refractivity contribution in [3.63, 3.8) is 0 Å². The quantitative estimate of drug-likeness (QED) is 0.689. The van der Waals surface area contributed by atoms with Gasteiger partial charge in [0, 0.05) is 25.0 Å². The van der Waals surface area contributed by atoms with Crippen LogP contribution in [0.25, 0.3) is 11.2 Å². The van der Waals surface area contributed by atoms with E-state index < -0.39 is 6.10 Å². The lowest BCUT2D eigenvalue weighted by Crippen LogP contribution is -2.28. The van der Waals surface area contributed by atoms with E-state index in [-0.39, 0.29) is 36.2 Å². The highest BCUT2D eigenvalue weighted by Gasteiger charge is 2.43. The molecule has 1 fully saturated rings. The fourth-order valence-corrected chi connectivity index (χ4v) is 3.20. The van der Waals surface area contributed by atoms with Crippen molar-refractivity contribution < 1.29 is 15.3 Å². The van der Waals surface area contributed by atoms with Gasteiger partial charge in [-0.3, -0.25) is 0 Å². The summed E-state index contributed by atoms with van der Waals surface area (Å²) in [4.78, 5) is 12.2. The lowest BCUT2D eigenvalue weighted by molar-refractivity contribution is 0.0581. The number of fused-ring (bicyclic) bond motifs is 1. The summed E-state index contributed by atoms with van der Waals surface area (Å²) in [7, 11) is 0. The van der Waals surface area contributed by atoms with Crippen LogP contribution in [-0.2, 0) is 0 Å². The van der Waals surface area contributed by atoms with Crippen LogP contribution in [-0.4, -0.2) is 54.2 Å². The molecule has 1 aliphatic rings. The Morgan fingerprint density at radius 3 is 2.65 bits per heavy atom. The summed E-state index contributed by atoms with van der Waals surface area (Å²) in [6.07, 6.45) is 2.67. The molecule has 20 heavy (non-hydrogen) atoms. The van der Waals surface area contributed by atoms with E-state index >= 15 is 0 Å². The Morgan fingerprint density at radius 1 is 1.20 bits per heavy atom. The van der Waals surface area contributed by atoms with Crippen molar-refractivity contribution in [2.24, 2.45) is 11.8 Å². The standard InChI is InChI=1S/C12H15ClN4O3/c13-11-8-12(15-4-14-11)17(5-16-8)9-6(2-18)1-7(3-19)10(9)20/h4-7,9-10,18-20H,1-3H2/t6-,7+,9-,10-/m1/s1. The zero-order chi connectivity index (χ0) is 14.3. The monoisotopic (exact) mass is 298 g/mol. The SMILES string of the molecule is OC[C@@H]1C[C@H](CO)[C@@H](n2cnc3c(Cl)ncnc32)[C@@H]1O. The number of rotatable bonds is 3. The normalized spacial score (nSPS) is 30.2. The molecule has 0 bridgehead atoms. The van der Waals surface area contributed by atoms with E-state index in [1.165, 1.54) is 6.33 Å². The van der Waals surface area contributed by atoms with Gasteiger partial charge in [0.25, 0.3) is 0 Å². The molecule has 1 aliphatic carbocycles. The summed E-state index contributed by atoms with van der Waals surface area (Å²) in [6.45, 7) is -0.187. The van der Waals surface area contributed by atoms with Gasteiger partial charge < -0.3 is 19.9 Å². The van der Waals surface area contributed by atoms with Gasteiger partial charge in [-0.2, -0.15) is 0 Å². The topological polar surface area (TPSA) is 104 Å². The zero-order valence-corrected chi connectivity index (χ0v) is 11.3. The molecule has 4 atom stereocenters. The van der Waals surface area contributed by atoms with Crippen molar-refractivity contribution in [1.82, 2.24) is 19.5 Å². The van der Waals surface area contributed by atoms with E-state index in [4.69, 9.17) is 11.6 Å². The first-order chi connectivity index (χ1) is 9.67. The Bertz CT molecular complexity index is 618. The lowest BCUT2D eigenvalue weighted by atomic mass is 10.0. The molecule has 2 heterocycles. The Morgan fingerprint density at radius 2 is 1.95 bits per heavy atom. The molecule has 2 aromatic heterocycles. The van der Waals surface area contributed by atoms with Gasteiger partial charge >= 0.3 is 0 Å². The molecule has 108 valence electrons. The van der Waals surface area contributed by atoms with Crippen molar-refractivity contribution in [2.45, 2.75) is 18.6 Å². The van der Waals surface area contributed by atoms with Crippen molar-refractivity contribution in [1.29, 1.82) is 0 Å². The van der Waals surface area contributed by atoms with Gasteiger partial charge in [-0.1, -0.05) is 11.6 Å². The van der Waals surface area contributed by atoms with Crippen LogP contribution in [0.4, 0.5) is 0 Å². The first-order valence-corrected chi connectivity index (χ1v) is 6.78. The zero-order valence-electron chi connectivity index (χ0n) is 10.6. The van der Waals surface area contributed by atoms with Crippen LogP contribution in [0.15, 0.2) is 12.7 Å². The molecule has 0 unspecified atom stereocenters. The molecule has 0 amide bonds. The highest BCUT2D eigenvalue weighted by molar-refractivity contribution is 6.33. The Hall–Kier alpha value is -1.28.